The SMILES string of the molecule is CC1(C)O[C@H](CO[Si](c2ccccc2)(c2ccccc2)C(C)(C)C)[C@H](C(OS(C)(=O)=O)[C@@H]2OC(C)(C)O[C@@H]2CO[Si](c2ccccc2)(c2ccccc2)C(C)(C)C)O1. The quantitative estimate of drug-likeness (QED) is 0.104. The lowest BCUT2D eigenvalue weighted by molar-refractivity contribution is -0.174. The van der Waals surface area contributed by atoms with E-state index in [4.69, 9.17) is 32.0 Å². The van der Waals surface area contributed by atoms with Crippen LogP contribution in [-0.4, -0.2) is 86.6 Å². The van der Waals surface area contributed by atoms with Crippen molar-refractivity contribution in [2.75, 3.05) is 19.5 Å². The number of ether oxygens (including phenoxy) is 4. The Morgan fingerprint density at radius 1 is 0.534 bits per heavy atom. The Labute approximate surface area is 348 Å². The number of benzene rings is 4. The van der Waals surface area contributed by atoms with Gasteiger partial charge in [-0.25, -0.2) is 0 Å². The Balaban J connectivity index is 1.40. The first kappa shape index (κ1) is 44.5. The van der Waals surface area contributed by atoms with Crippen LogP contribution < -0.4 is 20.7 Å². The first-order chi connectivity index (χ1) is 27.1. The van der Waals surface area contributed by atoms with Gasteiger partial charge in [0.1, 0.15) is 30.5 Å². The van der Waals surface area contributed by atoms with Crippen molar-refractivity contribution in [2.24, 2.45) is 0 Å². The third-order valence-corrected chi connectivity index (χ3v) is 21.7. The maximum absolute atomic E-state index is 13.3. The van der Waals surface area contributed by atoms with Gasteiger partial charge in [-0.2, -0.15) is 8.42 Å². The molecule has 4 atom stereocenters. The Morgan fingerprint density at radius 3 is 1.05 bits per heavy atom. The smallest absolute Gasteiger partial charge is 0.264 e. The Kier molecular flexibility index (Phi) is 12.9. The summed E-state index contributed by atoms with van der Waals surface area (Å²) in [5.74, 6) is -2.20. The van der Waals surface area contributed by atoms with Crippen molar-refractivity contribution in [3.8, 4) is 0 Å². The van der Waals surface area contributed by atoms with Gasteiger partial charge in [-0.1, -0.05) is 163 Å². The van der Waals surface area contributed by atoms with Crippen LogP contribution in [0.2, 0.25) is 10.1 Å². The minimum Gasteiger partial charge on any atom is -0.405 e. The van der Waals surface area contributed by atoms with Crippen LogP contribution in [0.1, 0.15) is 69.2 Å². The van der Waals surface area contributed by atoms with Crippen molar-refractivity contribution >= 4 is 47.5 Å². The van der Waals surface area contributed by atoms with Gasteiger partial charge in [0.05, 0.1) is 19.5 Å². The van der Waals surface area contributed by atoms with E-state index >= 15 is 0 Å². The third-order valence-electron chi connectivity index (χ3n) is 11.1. The molecule has 12 heteroatoms. The predicted octanol–water partition coefficient (Wildman–Crippen LogP) is 6.52. The fourth-order valence-corrected chi connectivity index (χ4v) is 18.7. The minimum absolute atomic E-state index is 0.102. The van der Waals surface area contributed by atoms with Crippen LogP contribution in [0.15, 0.2) is 121 Å². The van der Waals surface area contributed by atoms with E-state index in [1.807, 2.05) is 100 Å². The highest BCUT2D eigenvalue weighted by Crippen LogP contribution is 2.43. The topological polar surface area (TPSA) is 98.8 Å². The molecule has 314 valence electrons. The van der Waals surface area contributed by atoms with Crippen molar-refractivity contribution in [2.45, 2.75) is 121 Å². The van der Waals surface area contributed by atoms with Crippen molar-refractivity contribution in [1.29, 1.82) is 0 Å². The zero-order valence-corrected chi connectivity index (χ0v) is 38.7. The van der Waals surface area contributed by atoms with Crippen LogP contribution in [-0.2, 0) is 42.1 Å². The number of rotatable bonds is 14. The molecular weight excluding hydrogens is 785 g/mol. The summed E-state index contributed by atoms with van der Waals surface area (Å²) in [6.45, 7) is 20.8. The van der Waals surface area contributed by atoms with Gasteiger partial charge in [-0.3, -0.25) is 4.18 Å². The minimum atomic E-state index is -4.06. The van der Waals surface area contributed by atoms with Crippen LogP contribution in [0.4, 0.5) is 0 Å². The molecule has 6 rings (SSSR count). The molecule has 4 aromatic rings. The van der Waals surface area contributed by atoms with Crippen molar-refractivity contribution in [3.63, 3.8) is 0 Å². The summed E-state index contributed by atoms with van der Waals surface area (Å²) >= 11 is 0. The van der Waals surface area contributed by atoms with E-state index in [-0.39, 0.29) is 23.3 Å². The highest BCUT2D eigenvalue weighted by molar-refractivity contribution is 7.86. The van der Waals surface area contributed by atoms with Gasteiger partial charge in [-0.15, -0.1) is 0 Å². The lowest BCUT2D eigenvalue weighted by Crippen LogP contribution is -2.67. The molecule has 0 bridgehead atoms. The van der Waals surface area contributed by atoms with E-state index in [0.717, 1.165) is 27.0 Å². The molecule has 0 radical (unpaired) electrons. The number of hydrogen-bond acceptors (Lipinski definition) is 9. The predicted molar refractivity (Wildman–Crippen MR) is 235 cm³/mol. The molecule has 58 heavy (non-hydrogen) atoms. The van der Waals surface area contributed by atoms with E-state index in [9.17, 15) is 8.42 Å². The van der Waals surface area contributed by atoms with E-state index < -0.39 is 68.8 Å². The summed E-state index contributed by atoms with van der Waals surface area (Å²) in [6.07, 6.45) is -3.48. The van der Waals surface area contributed by atoms with Gasteiger partial charge < -0.3 is 27.8 Å². The first-order valence-corrected chi connectivity index (χ1v) is 25.8. The number of hydrogen-bond donors (Lipinski definition) is 0. The zero-order chi connectivity index (χ0) is 42.2. The van der Waals surface area contributed by atoms with Crippen LogP contribution in [0.3, 0.4) is 0 Å². The molecule has 4 aromatic carbocycles. The molecule has 0 amide bonds. The van der Waals surface area contributed by atoms with Gasteiger partial charge in [0.2, 0.25) is 0 Å². The monoisotopic (exact) mass is 846 g/mol. The van der Waals surface area contributed by atoms with Gasteiger partial charge in [0.15, 0.2) is 11.6 Å². The fraction of sp³-hybridized carbons (Fsp3) is 0.478. The second kappa shape index (κ2) is 16.8. The molecule has 0 aliphatic carbocycles. The molecule has 2 aliphatic heterocycles. The van der Waals surface area contributed by atoms with Crippen molar-refractivity contribution in [1.82, 2.24) is 0 Å². The average Bonchev–Trinajstić information content (AvgIpc) is 3.64. The normalized spacial score (nSPS) is 22.7. The van der Waals surface area contributed by atoms with Gasteiger partial charge in [0.25, 0.3) is 26.8 Å². The van der Waals surface area contributed by atoms with Crippen LogP contribution >= 0.6 is 0 Å². The highest BCUT2D eigenvalue weighted by atomic mass is 32.2. The maximum atomic E-state index is 13.3. The van der Waals surface area contributed by atoms with E-state index in [1.54, 1.807) is 0 Å². The molecule has 0 unspecified atom stereocenters. The zero-order valence-electron chi connectivity index (χ0n) is 35.9. The molecule has 0 aromatic heterocycles. The summed E-state index contributed by atoms with van der Waals surface area (Å²) in [5, 5.41) is 3.84. The van der Waals surface area contributed by atoms with Gasteiger partial charge in [-0.05, 0) is 58.5 Å². The van der Waals surface area contributed by atoms with Crippen LogP contribution in [0.25, 0.3) is 0 Å². The van der Waals surface area contributed by atoms with Crippen molar-refractivity contribution < 1.29 is 40.4 Å². The summed E-state index contributed by atoms with van der Waals surface area (Å²) < 4.78 is 73.9. The standard InChI is InChI=1S/C46H62O9SSi2/c1-43(2,3)57(34-24-16-12-17-25-34,35-26-18-13-19-27-35)49-32-38-40(53-45(7,8)51-38)42(55-56(11,47)48)41-39(52-46(9,10)54-41)33-50-58(44(4,5)6,36-28-20-14-21-29-36)37-30-22-15-23-31-37/h12-31,38-42H,32-33H2,1-11H3/t38-,39-,40-,41-/m1/s1. The molecule has 2 aliphatic rings. The molecular formula is C46H62O9SSi2. The molecule has 0 spiro atoms. The molecule has 0 N–H and O–H groups in total. The van der Waals surface area contributed by atoms with E-state index in [2.05, 4.69) is 90.1 Å². The van der Waals surface area contributed by atoms with E-state index in [1.165, 1.54) is 0 Å². The summed E-state index contributed by atoms with van der Waals surface area (Å²) in [4.78, 5) is 0. The maximum Gasteiger partial charge on any atom is 0.264 e. The fourth-order valence-electron chi connectivity index (χ4n) is 8.98. The van der Waals surface area contributed by atoms with Gasteiger partial charge >= 0.3 is 0 Å². The lowest BCUT2D eigenvalue weighted by Gasteiger charge is -2.44. The second-order valence-electron chi connectivity index (χ2n) is 18.5. The van der Waals surface area contributed by atoms with Crippen molar-refractivity contribution in [3.05, 3.63) is 121 Å². The molecule has 2 fully saturated rings. The summed E-state index contributed by atoms with van der Waals surface area (Å²) in [7, 11) is -10.1. The van der Waals surface area contributed by atoms with E-state index in [0.29, 0.717) is 0 Å². The molecule has 9 nitrogen and oxygen atoms in total. The summed E-state index contributed by atoms with van der Waals surface area (Å²) in [5.41, 5.74) is 0. The Morgan fingerprint density at radius 2 is 0.810 bits per heavy atom. The molecule has 2 saturated heterocycles. The lowest BCUT2D eigenvalue weighted by atomic mass is 10.00. The third kappa shape index (κ3) is 9.31. The first-order valence-electron chi connectivity index (χ1n) is 20.2. The summed E-state index contributed by atoms with van der Waals surface area (Å²) in [6, 6.07) is 41.4. The second-order valence-corrected chi connectivity index (χ2v) is 28.7. The largest absolute Gasteiger partial charge is 0.405 e. The average molecular weight is 847 g/mol. The van der Waals surface area contributed by atoms with Gasteiger partial charge in [0, 0.05) is 0 Å². The Hall–Kier alpha value is -3.02. The molecule has 0 saturated carbocycles. The van der Waals surface area contributed by atoms with Crippen LogP contribution in [0.5, 0.6) is 0 Å². The highest BCUT2D eigenvalue weighted by Gasteiger charge is 2.58. The van der Waals surface area contributed by atoms with Crippen LogP contribution in [0, 0.1) is 0 Å². The Bertz CT molecular complexity index is 1840. The molecule has 2 heterocycles.